The smallest absolute Gasteiger partial charge is 0.337 e. The Labute approximate surface area is 208 Å². The minimum Gasteiger partial charge on any atom is -0.353 e. The van der Waals surface area contributed by atoms with E-state index in [-0.39, 0.29) is 42.3 Å². The summed E-state index contributed by atoms with van der Waals surface area (Å²) in [4.78, 5) is 43.5. The largest absolute Gasteiger partial charge is 0.353 e. The van der Waals surface area contributed by atoms with Crippen LogP contribution in [0.4, 0.5) is 4.79 Å². The van der Waals surface area contributed by atoms with Crippen molar-refractivity contribution in [1.82, 2.24) is 25.6 Å². The summed E-state index contributed by atoms with van der Waals surface area (Å²) in [6, 6.07) is 6.38. The average Bonchev–Trinajstić information content (AvgIpc) is 3.17. The predicted molar refractivity (Wildman–Crippen MR) is 133 cm³/mol. The van der Waals surface area contributed by atoms with Crippen molar-refractivity contribution in [3.8, 4) is 0 Å². The van der Waals surface area contributed by atoms with Crippen molar-refractivity contribution in [2.24, 2.45) is 5.92 Å². The second-order valence-electron chi connectivity index (χ2n) is 10.9. The van der Waals surface area contributed by atoms with E-state index in [2.05, 4.69) is 42.8 Å². The number of fused-ring (bicyclic) bond motifs is 3. The molecule has 2 aliphatic heterocycles. The predicted octanol–water partition coefficient (Wildman–Crippen LogP) is 3.57. The summed E-state index contributed by atoms with van der Waals surface area (Å²) in [5.41, 5.74) is 6.73. The highest BCUT2D eigenvalue weighted by Gasteiger charge is 2.54. The van der Waals surface area contributed by atoms with E-state index >= 15 is 0 Å². The molecular formula is C27H39N5O3. The zero-order valence-electron chi connectivity index (χ0n) is 21.1. The first kappa shape index (κ1) is 24.1. The minimum atomic E-state index is -0.526. The highest BCUT2D eigenvalue weighted by molar-refractivity contribution is 5.86. The van der Waals surface area contributed by atoms with Crippen molar-refractivity contribution >= 4 is 17.8 Å². The summed E-state index contributed by atoms with van der Waals surface area (Å²) in [7, 11) is 0. The second-order valence-corrected chi connectivity index (χ2v) is 10.9. The van der Waals surface area contributed by atoms with Gasteiger partial charge in [0.05, 0.1) is 12.5 Å². The molecule has 0 aromatic heterocycles. The first-order valence-corrected chi connectivity index (χ1v) is 13.4. The number of hydrazine groups is 1. The maximum absolute atomic E-state index is 13.6. The monoisotopic (exact) mass is 481 g/mol. The van der Waals surface area contributed by atoms with Gasteiger partial charge in [0, 0.05) is 25.0 Å². The van der Waals surface area contributed by atoms with Gasteiger partial charge in [-0.15, -0.1) is 0 Å². The molecule has 3 unspecified atom stereocenters. The molecule has 35 heavy (non-hydrogen) atoms. The number of carbonyl (C=O) groups is 3. The van der Waals surface area contributed by atoms with E-state index in [1.165, 1.54) is 6.42 Å². The Hall–Kier alpha value is -2.61. The molecule has 2 N–H and O–H groups in total. The standard InChI is InChI=1S/C27H39N5O3/c1-18-12-13-19(2)20(16-18)17-31-27(35)32-23-11-7-6-10-22(23)25(34)30(26(32)29-31)15-14-24(33)28-21-8-4-3-5-9-21/h12-13,16,21-23,26,29H,3-11,14-15,17H2,1-2H3,(H,28,33). The van der Waals surface area contributed by atoms with E-state index in [0.29, 0.717) is 13.1 Å². The Morgan fingerprint density at radius 1 is 1.03 bits per heavy atom. The molecule has 0 bridgehead atoms. The molecule has 0 spiro atoms. The summed E-state index contributed by atoms with van der Waals surface area (Å²) in [6.45, 7) is 4.87. The molecule has 2 heterocycles. The molecule has 2 aliphatic carbocycles. The number of carbonyl (C=O) groups excluding carboxylic acids is 3. The maximum atomic E-state index is 13.6. The van der Waals surface area contributed by atoms with E-state index in [1.807, 2.05) is 4.90 Å². The Morgan fingerprint density at radius 3 is 2.57 bits per heavy atom. The fraction of sp³-hybridized carbons (Fsp3) is 0.667. The van der Waals surface area contributed by atoms with Crippen LogP contribution in [0.15, 0.2) is 18.2 Å². The van der Waals surface area contributed by atoms with Crippen LogP contribution in [0.25, 0.3) is 0 Å². The summed E-state index contributed by atoms with van der Waals surface area (Å²) in [5.74, 6) is -0.0957. The SMILES string of the molecule is Cc1ccc(C)c(CN2NC3N(CCC(=O)NC4CCCCC4)C(=O)C4CCCCC4N3C2=O)c1. The van der Waals surface area contributed by atoms with Gasteiger partial charge in [-0.2, -0.15) is 5.43 Å². The number of benzene rings is 1. The van der Waals surface area contributed by atoms with Crippen molar-refractivity contribution < 1.29 is 14.4 Å². The summed E-state index contributed by atoms with van der Waals surface area (Å²) < 4.78 is 0. The van der Waals surface area contributed by atoms with E-state index < -0.39 is 6.29 Å². The van der Waals surface area contributed by atoms with Crippen molar-refractivity contribution in [3.05, 3.63) is 34.9 Å². The molecule has 1 aromatic carbocycles. The highest BCUT2D eigenvalue weighted by Crippen LogP contribution is 2.38. The zero-order chi connectivity index (χ0) is 24.5. The maximum Gasteiger partial charge on any atom is 0.337 e. The van der Waals surface area contributed by atoms with Gasteiger partial charge < -0.3 is 10.2 Å². The fourth-order valence-electron chi connectivity index (χ4n) is 6.37. The van der Waals surface area contributed by atoms with Crippen LogP contribution < -0.4 is 10.7 Å². The Kier molecular flexibility index (Phi) is 7.00. The van der Waals surface area contributed by atoms with Gasteiger partial charge in [-0.25, -0.2) is 4.79 Å². The van der Waals surface area contributed by atoms with E-state index in [9.17, 15) is 14.4 Å². The first-order valence-electron chi connectivity index (χ1n) is 13.4. The normalized spacial score (nSPS) is 27.1. The molecule has 1 aromatic rings. The lowest BCUT2D eigenvalue weighted by Gasteiger charge is -2.48. The Morgan fingerprint density at radius 2 is 1.77 bits per heavy atom. The van der Waals surface area contributed by atoms with Gasteiger partial charge in [0.2, 0.25) is 11.8 Å². The molecule has 8 nitrogen and oxygen atoms in total. The van der Waals surface area contributed by atoms with Gasteiger partial charge in [-0.05, 0) is 50.7 Å². The molecule has 2 saturated carbocycles. The molecule has 8 heteroatoms. The third kappa shape index (κ3) is 4.90. The average molecular weight is 482 g/mol. The number of hydrogen-bond donors (Lipinski definition) is 2. The third-order valence-electron chi connectivity index (χ3n) is 8.35. The van der Waals surface area contributed by atoms with Gasteiger partial charge in [0.25, 0.3) is 0 Å². The molecule has 0 radical (unpaired) electrons. The van der Waals surface area contributed by atoms with E-state index in [4.69, 9.17) is 0 Å². The second kappa shape index (κ2) is 10.2. The van der Waals surface area contributed by atoms with Crippen molar-refractivity contribution in [1.29, 1.82) is 0 Å². The van der Waals surface area contributed by atoms with Crippen LogP contribution in [-0.4, -0.2) is 57.6 Å². The lowest BCUT2D eigenvalue weighted by Crippen LogP contribution is -2.66. The van der Waals surface area contributed by atoms with Crippen LogP contribution in [0.1, 0.15) is 80.9 Å². The number of rotatable bonds is 6. The molecular weight excluding hydrogens is 442 g/mol. The Balaban J connectivity index is 1.32. The third-order valence-corrected chi connectivity index (χ3v) is 8.35. The van der Waals surface area contributed by atoms with E-state index in [1.54, 1.807) is 9.91 Å². The summed E-state index contributed by atoms with van der Waals surface area (Å²) >= 11 is 0. The number of nitrogens with one attached hydrogen (secondary N) is 2. The zero-order valence-corrected chi connectivity index (χ0v) is 21.1. The van der Waals surface area contributed by atoms with Crippen molar-refractivity contribution in [2.45, 2.75) is 103 Å². The molecule has 5 rings (SSSR count). The van der Waals surface area contributed by atoms with Crippen LogP contribution in [0.3, 0.4) is 0 Å². The van der Waals surface area contributed by atoms with Crippen LogP contribution in [0.5, 0.6) is 0 Å². The van der Waals surface area contributed by atoms with Crippen LogP contribution >= 0.6 is 0 Å². The first-order chi connectivity index (χ1) is 16.9. The van der Waals surface area contributed by atoms with Crippen molar-refractivity contribution in [3.63, 3.8) is 0 Å². The molecule has 4 fully saturated rings. The highest BCUT2D eigenvalue weighted by atomic mass is 16.2. The molecule has 4 aliphatic rings. The number of nitrogens with zero attached hydrogens (tertiary/aromatic N) is 3. The van der Waals surface area contributed by atoms with Crippen LogP contribution in [0.2, 0.25) is 0 Å². The molecule has 2 saturated heterocycles. The minimum absolute atomic E-state index is 0.00131. The van der Waals surface area contributed by atoms with Gasteiger partial charge >= 0.3 is 6.03 Å². The lowest BCUT2D eigenvalue weighted by atomic mass is 9.81. The van der Waals surface area contributed by atoms with E-state index in [0.717, 1.165) is 68.1 Å². The van der Waals surface area contributed by atoms with Crippen LogP contribution in [0, 0.1) is 19.8 Å². The van der Waals surface area contributed by atoms with Crippen LogP contribution in [-0.2, 0) is 16.1 Å². The number of hydrogen-bond acceptors (Lipinski definition) is 4. The van der Waals surface area contributed by atoms with Gasteiger partial charge in [-0.1, -0.05) is 55.9 Å². The number of urea groups is 1. The van der Waals surface area contributed by atoms with Gasteiger partial charge in [-0.3, -0.25) is 19.5 Å². The molecule has 190 valence electrons. The molecule has 4 amide bonds. The number of amides is 4. The summed E-state index contributed by atoms with van der Waals surface area (Å²) in [5, 5.41) is 4.82. The van der Waals surface area contributed by atoms with Gasteiger partial charge in [0.1, 0.15) is 0 Å². The fourth-order valence-corrected chi connectivity index (χ4v) is 6.37. The quantitative estimate of drug-likeness (QED) is 0.651. The topological polar surface area (TPSA) is 85.0 Å². The van der Waals surface area contributed by atoms with Gasteiger partial charge in [0.15, 0.2) is 6.29 Å². The Bertz CT molecular complexity index is 976. The summed E-state index contributed by atoms with van der Waals surface area (Å²) in [6.07, 6.45) is 9.09. The number of aryl methyl sites for hydroxylation is 2. The lowest BCUT2D eigenvalue weighted by molar-refractivity contribution is -0.156. The molecule has 3 atom stereocenters. The van der Waals surface area contributed by atoms with Crippen molar-refractivity contribution in [2.75, 3.05) is 6.54 Å².